The number of benzene rings is 4. The molecule has 4 saturated carbocycles. The van der Waals surface area contributed by atoms with E-state index in [0.717, 1.165) is 43.8 Å². The molecule has 4 bridgehead atoms. The molecule has 0 aliphatic heterocycles. The molecule has 1 spiro atoms. The monoisotopic (exact) mass is 520 g/mol. The summed E-state index contributed by atoms with van der Waals surface area (Å²) in [6, 6.07) is 26.2. The van der Waals surface area contributed by atoms with E-state index >= 15 is 0 Å². The molecule has 0 radical (unpaired) electrons. The van der Waals surface area contributed by atoms with Gasteiger partial charge in [-0.1, -0.05) is 59.6 Å². The lowest BCUT2D eigenvalue weighted by Gasteiger charge is -2.61. The van der Waals surface area contributed by atoms with Gasteiger partial charge in [-0.15, -0.1) is 0 Å². The van der Waals surface area contributed by atoms with Gasteiger partial charge < -0.3 is 4.42 Å². The number of hydrogen-bond donors (Lipinski definition) is 0. The molecule has 1 nitrogen and oxygen atoms in total. The van der Waals surface area contributed by atoms with Crippen LogP contribution in [0.5, 0.6) is 0 Å². The van der Waals surface area contributed by atoms with E-state index in [0.29, 0.717) is 11.8 Å². The number of para-hydroxylation sites is 1. The van der Waals surface area contributed by atoms with Crippen molar-refractivity contribution in [3.8, 4) is 22.3 Å². The highest BCUT2D eigenvalue weighted by molar-refractivity contribution is 6.37. The number of fused-ring (bicyclic) bond motifs is 6. The van der Waals surface area contributed by atoms with Crippen LogP contribution < -0.4 is 0 Å². The smallest absolute Gasteiger partial charge is 0.135 e. The maximum Gasteiger partial charge on any atom is 0.135 e. The van der Waals surface area contributed by atoms with Crippen molar-refractivity contribution in [2.24, 2.45) is 23.7 Å². The van der Waals surface area contributed by atoms with Gasteiger partial charge in [0.15, 0.2) is 0 Å². The van der Waals surface area contributed by atoms with Crippen molar-refractivity contribution in [2.75, 3.05) is 0 Å². The maximum absolute atomic E-state index is 7.03. The molecule has 4 aromatic carbocycles. The molecule has 10 rings (SSSR count). The maximum atomic E-state index is 7.03. The third kappa shape index (κ3) is 2.67. The molecular formula is C34H26Cl2O. The van der Waals surface area contributed by atoms with Crippen LogP contribution in [-0.4, -0.2) is 0 Å². The van der Waals surface area contributed by atoms with Crippen LogP contribution in [0.15, 0.2) is 77.2 Å². The first kappa shape index (κ1) is 21.2. The molecule has 5 aliphatic carbocycles. The Labute approximate surface area is 226 Å². The van der Waals surface area contributed by atoms with Crippen LogP contribution in [0.1, 0.15) is 43.2 Å². The van der Waals surface area contributed by atoms with E-state index in [1.165, 1.54) is 65.5 Å². The van der Waals surface area contributed by atoms with Gasteiger partial charge in [-0.2, -0.15) is 0 Å². The van der Waals surface area contributed by atoms with Crippen LogP contribution in [0.25, 0.3) is 44.2 Å². The first-order valence-corrected chi connectivity index (χ1v) is 14.4. The Morgan fingerprint density at radius 3 is 2.16 bits per heavy atom. The van der Waals surface area contributed by atoms with Gasteiger partial charge in [0, 0.05) is 26.8 Å². The Hall–Kier alpha value is -2.74. The van der Waals surface area contributed by atoms with Gasteiger partial charge in [0.25, 0.3) is 0 Å². The zero-order valence-electron chi connectivity index (χ0n) is 20.4. The summed E-state index contributed by atoms with van der Waals surface area (Å²) in [4.78, 5) is 0. The van der Waals surface area contributed by atoms with Gasteiger partial charge in [-0.3, -0.25) is 0 Å². The van der Waals surface area contributed by atoms with E-state index in [-0.39, 0.29) is 5.41 Å². The van der Waals surface area contributed by atoms with Crippen LogP contribution in [0.3, 0.4) is 0 Å². The summed E-state index contributed by atoms with van der Waals surface area (Å²) in [6.45, 7) is 0. The minimum atomic E-state index is 0.0653. The summed E-state index contributed by atoms with van der Waals surface area (Å²) in [5, 5.41) is 3.89. The van der Waals surface area contributed by atoms with Crippen LogP contribution in [0.2, 0.25) is 10.0 Å². The van der Waals surface area contributed by atoms with Crippen molar-refractivity contribution in [3.63, 3.8) is 0 Å². The molecule has 4 fully saturated rings. The average molecular weight is 521 g/mol. The van der Waals surface area contributed by atoms with Crippen molar-refractivity contribution in [3.05, 3.63) is 94.0 Å². The van der Waals surface area contributed by atoms with Crippen molar-refractivity contribution < 1.29 is 4.42 Å². The fraction of sp³-hybridized carbons (Fsp3) is 0.294. The number of rotatable bonds is 1. The molecule has 5 aromatic rings. The lowest BCUT2D eigenvalue weighted by atomic mass is 9.43. The molecule has 0 saturated heterocycles. The largest absolute Gasteiger partial charge is 0.456 e. The normalized spacial score (nSPS) is 28.9. The summed E-state index contributed by atoms with van der Waals surface area (Å²) in [6.07, 6.45) is 6.84. The standard InChI is InChI=1S/C34H26Cl2O/c35-24-16-29-33(30(36)17-24)27-15-20(21-6-8-32-26(14-21)25-3-1-2-4-31(25)37-32)5-7-28(27)34(29)22-10-18-9-19(12-22)13-23(34)11-18/h1-8,14-19,22-23H,9-13H2. The lowest BCUT2D eigenvalue weighted by Crippen LogP contribution is -2.55. The van der Waals surface area contributed by atoms with Crippen molar-refractivity contribution in [2.45, 2.75) is 37.5 Å². The summed E-state index contributed by atoms with van der Waals surface area (Å²) >= 11 is 13.7. The molecular weight excluding hydrogens is 495 g/mol. The molecule has 182 valence electrons. The second-order valence-corrected chi connectivity index (χ2v) is 12.9. The van der Waals surface area contributed by atoms with Gasteiger partial charge in [0.2, 0.25) is 0 Å². The molecule has 37 heavy (non-hydrogen) atoms. The molecule has 1 heterocycles. The molecule has 0 N–H and O–H groups in total. The summed E-state index contributed by atoms with van der Waals surface area (Å²) in [7, 11) is 0. The summed E-state index contributed by atoms with van der Waals surface area (Å²) < 4.78 is 6.09. The molecule has 0 amide bonds. The predicted octanol–water partition coefficient (Wildman–Crippen LogP) is 10.3. The SMILES string of the molecule is Clc1cc(Cl)c2c(c1)C1(c3ccc(-c4ccc5oc6ccccc6c5c4)cc3-2)C2CC3CC(C2)CC1C3. The number of furan rings is 1. The minimum Gasteiger partial charge on any atom is -0.456 e. The molecule has 5 aliphatic rings. The van der Waals surface area contributed by atoms with Crippen LogP contribution in [0, 0.1) is 23.7 Å². The van der Waals surface area contributed by atoms with Crippen LogP contribution >= 0.6 is 23.2 Å². The molecule has 0 unspecified atom stereocenters. The van der Waals surface area contributed by atoms with E-state index in [4.69, 9.17) is 27.6 Å². The van der Waals surface area contributed by atoms with Gasteiger partial charge in [0.1, 0.15) is 11.2 Å². The predicted molar refractivity (Wildman–Crippen MR) is 152 cm³/mol. The van der Waals surface area contributed by atoms with Gasteiger partial charge in [0.05, 0.1) is 5.02 Å². The van der Waals surface area contributed by atoms with E-state index in [9.17, 15) is 0 Å². The number of halogens is 2. The third-order valence-corrected chi connectivity index (χ3v) is 10.9. The zero-order valence-corrected chi connectivity index (χ0v) is 21.9. The zero-order chi connectivity index (χ0) is 24.5. The minimum absolute atomic E-state index is 0.0653. The Balaban J connectivity index is 1.28. The third-order valence-electron chi connectivity index (χ3n) is 10.4. The highest BCUT2D eigenvalue weighted by Crippen LogP contribution is 2.70. The molecule has 3 heteroatoms. The average Bonchev–Trinajstić information content (AvgIpc) is 3.40. The molecule has 0 atom stereocenters. The Morgan fingerprint density at radius 1 is 0.649 bits per heavy atom. The van der Waals surface area contributed by atoms with Crippen LogP contribution in [-0.2, 0) is 5.41 Å². The first-order chi connectivity index (χ1) is 18.1. The highest BCUT2D eigenvalue weighted by atomic mass is 35.5. The van der Waals surface area contributed by atoms with Gasteiger partial charge >= 0.3 is 0 Å². The Kier molecular flexibility index (Phi) is 4.14. The van der Waals surface area contributed by atoms with E-state index in [1.54, 1.807) is 0 Å². The van der Waals surface area contributed by atoms with Crippen molar-refractivity contribution in [1.82, 2.24) is 0 Å². The van der Waals surface area contributed by atoms with Gasteiger partial charge in [-0.05, 0) is 120 Å². The highest BCUT2D eigenvalue weighted by Gasteiger charge is 2.61. The van der Waals surface area contributed by atoms with Crippen molar-refractivity contribution in [1.29, 1.82) is 0 Å². The van der Waals surface area contributed by atoms with E-state index in [2.05, 4.69) is 54.6 Å². The van der Waals surface area contributed by atoms with E-state index < -0.39 is 0 Å². The lowest BCUT2D eigenvalue weighted by molar-refractivity contribution is -0.0399. The summed E-state index contributed by atoms with van der Waals surface area (Å²) in [5.74, 6) is 3.20. The quantitative estimate of drug-likeness (QED) is 0.214. The van der Waals surface area contributed by atoms with E-state index in [1.807, 2.05) is 18.2 Å². The van der Waals surface area contributed by atoms with Gasteiger partial charge in [-0.25, -0.2) is 0 Å². The number of hydrogen-bond acceptors (Lipinski definition) is 1. The fourth-order valence-corrected chi connectivity index (χ4v) is 9.92. The second-order valence-electron chi connectivity index (χ2n) is 12.1. The van der Waals surface area contributed by atoms with Crippen LogP contribution in [0.4, 0.5) is 0 Å². The van der Waals surface area contributed by atoms with Crippen molar-refractivity contribution >= 4 is 45.1 Å². The fourth-order valence-electron chi connectivity index (χ4n) is 9.32. The first-order valence-electron chi connectivity index (χ1n) is 13.7. The molecule has 1 aromatic heterocycles. The Morgan fingerprint density at radius 2 is 1.35 bits per heavy atom. The Bertz CT molecular complexity index is 1750. The second kappa shape index (κ2) is 7.22. The topological polar surface area (TPSA) is 13.1 Å². The summed E-state index contributed by atoms with van der Waals surface area (Å²) in [5.41, 5.74) is 9.82.